The number of hydrogen-bond acceptors (Lipinski definition) is 5. The fourth-order valence-corrected chi connectivity index (χ4v) is 4.88. The molecule has 1 fully saturated rings. The maximum atomic E-state index is 12.7. The Bertz CT molecular complexity index is 857. The minimum absolute atomic E-state index is 0.0670. The van der Waals surface area contributed by atoms with Gasteiger partial charge in [0.25, 0.3) is 5.91 Å². The van der Waals surface area contributed by atoms with Gasteiger partial charge in [-0.15, -0.1) is 0 Å². The van der Waals surface area contributed by atoms with Crippen molar-refractivity contribution in [3.05, 3.63) is 54.6 Å². The van der Waals surface area contributed by atoms with Crippen LogP contribution in [0.15, 0.2) is 59.5 Å². The van der Waals surface area contributed by atoms with E-state index in [0.29, 0.717) is 36.6 Å². The lowest BCUT2D eigenvalue weighted by Crippen LogP contribution is -2.44. The van der Waals surface area contributed by atoms with Gasteiger partial charge in [0, 0.05) is 13.1 Å². The Morgan fingerprint density at radius 3 is 2.19 bits per heavy atom. The largest absolute Gasteiger partial charge is 0.497 e. The molecule has 2 aromatic carbocycles. The van der Waals surface area contributed by atoms with Crippen molar-refractivity contribution >= 4 is 15.7 Å². The number of likely N-dealkylation sites (tertiary alicyclic amines) is 1. The van der Waals surface area contributed by atoms with Crippen molar-refractivity contribution in [2.75, 3.05) is 26.8 Å². The average Bonchev–Trinajstić information content (AvgIpc) is 2.73. The highest BCUT2D eigenvalue weighted by molar-refractivity contribution is 7.92. The summed E-state index contributed by atoms with van der Waals surface area (Å²) in [5.41, 5.74) is 0. The number of rotatable bonds is 6. The Balaban J connectivity index is 1.51. The molecule has 1 saturated heterocycles. The summed E-state index contributed by atoms with van der Waals surface area (Å²) < 4.78 is 36.0. The summed E-state index contributed by atoms with van der Waals surface area (Å²) >= 11 is 0. The van der Waals surface area contributed by atoms with E-state index in [-0.39, 0.29) is 12.5 Å². The van der Waals surface area contributed by atoms with Crippen LogP contribution in [0, 0.1) is 0 Å². The average molecular weight is 389 g/mol. The van der Waals surface area contributed by atoms with Crippen LogP contribution in [0.3, 0.4) is 0 Å². The second-order valence-corrected chi connectivity index (χ2v) is 8.63. The van der Waals surface area contributed by atoms with Gasteiger partial charge in [-0.2, -0.15) is 0 Å². The summed E-state index contributed by atoms with van der Waals surface area (Å²) in [4.78, 5) is 14.4. The van der Waals surface area contributed by atoms with Crippen molar-refractivity contribution in [1.29, 1.82) is 0 Å². The molecular weight excluding hydrogens is 366 g/mol. The molecule has 0 aliphatic carbocycles. The Morgan fingerprint density at radius 1 is 1.00 bits per heavy atom. The van der Waals surface area contributed by atoms with Crippen LogP contribution in [0.5, 0.6) is 11.5 Å². The molecule has 1 aliphatic heterocycles. The molecule has 2 aromatic rings. The first-order valence-electron chi connectivity index (χ1n) is 8.84. The van der Waals surface area contributed by atoms with Gasteiger partial charge in [0.15, 0.2) is 16.4 Å². The van der Waals surface area contributed by atoms with Crippen molar-refractivity contribution in [3.8, 4) is 11.5 Å². The van der Waals surface area contributed by atoms with E-state index in [1.54, 1.807) is 66.6 Å². The summed E-state index contributed by atoms with van der Waals surface area (Å²) in [6.45, 7) is 0.769. The number of benzene rings is 2. The first kappa shape index (κ1) is 19.2. The maximum Gasteiger partial charge on any atom is 0.260 e. The molecule has 7 heteroatoms. The SMILES string of the molecule is COc1ccc(OCC(=O)N2CCC(S(=O)(=O)c3ccccc3)CC2)cc1. The lowest BCUT2D eigenvalue weighted by molar-refractivity contribution is -0.134. The molecule has 0 radical (unpaired) electrons. The zero-order valence-electron chi connectivity index (χ0n) is 15.2. The minimum Gasteiger partial charge on any atom is -0.497 e. The number of hydrogen-bond donors (Lipinski definition) is 0. The fourth-order valence-electron chi connectivity index (χ4n) is 3.13. The molecular formula is C20H23NO5S. The summed E-state index contributed by atoms with van der Waals surface area (Å²) in [5.74, 6) is 1.17. The summed E-state index contributed by atoms with van der Waals surface area (Å²) in [7, 11) is -1.77. The highest BCUT2D eigenvalue weighted by atomic mass is 32.2. The maximum absolute atomic E-state index is 12.7. The standard InChI is InChI=1S/C20H23NO5S/c1-25-16-7-9-17(10-8-16)26-15-20(22)21-13-11-19(12-14-21)27(23,24)18-5-3-2-4-6-18/h2-10,19H,11-15H2,1H3. The lowest BCUT2D eigenvalue weighted by atomic mass is 10.1. The first-order valence-corrected chi connectivity index (χ1v) is 10.4. The molecule has 0 N–H and O–H groups in total. The second-order valence-electron chi connectivity index (χ2n) is 6.40. The Morgan fingerprint density at radius 2 is 1.59 bits per heavy atom. The highest BCUT2D eigenvalue weighted by Crippen LogP contribution is 2.24. The summed E-state index contributed by atoms with van der Waals surface area (Å²) in [6, 6.07) is 15.5. The van der Waals surface area contributed by atoms with E-state index in [9.17, 15) is 13.2 Å². The van der Waals surface area contributed by atoms with Gasteiger partial charge >= 0.3 is 0 Å². The van der Waals surface area contributed by atoms with Crippen LogP contribution >= 0.6 is 0 Å². The molecule has 0 unspecified atom stereocenters. The van der Waals surface area contributed by atoms with Gasteiger partial charge in [-0.1, -0.05) is 18.2 Å². The van der Waals surface area contributed by atoms with Crippen molar-refractivity contribution < 1.29 is 22.7 Å². The third-order valence-corrected chi connectivity index (χ3v) is 7.01. The monoisotopic (exact) mass is 389 g/mol. The number of carbonyl (C=O) groups is 1. The van der Waals surface area contributed by atoms with Crippen molar-refractivity contribution in [2.45, 2.75) is 23.0 Å². The zero-order valence-corrected chi connectivity index (χ0v) is 16.0. The second kappa shape index (κ2) is 8.43. The smallest absolute Gasteiger partial charge is 0.260 e. The topological polar surface area (TPSA) is 72.9 Å². The molecule has 6 nitrogen and oxygen atoms in total. The van der Waals surface area contributed by atoms with Crippen LogP contribution in [0.1, 0.15) is 12.8 Å². The van der Waals surface area contributed by atoms with Gasteiger partial charge in [0.2, 0.25) is 0 Å². The Hall–Kier alpha value is -2.54. The molecule has 3 rings (SSSR count). The highest BCUT2D eigenvalue weighted by Gasteiger charge is 2.32. The van der Waals surface area contributed by atoms with Crippen LogP contribution in [0.25, 0.3) is 0 Å². The van der Waals surface area contributed by atoms with Crippen molar-refractivity contribution in [1.82, 2.24) is 4.90 Å². The van der Waals surface area contributed by atoms with Gasteiger partial charge in [-0.25, -0.2) is 8.42 Å². The quantitative estimate of drug-likeness (QED) is 0.759. The van der Waals surface area contributed by atoms with E-state index in [2.05, 4.69) is 0 Å². The van der Waals surface area contributed by atoms with Crippen molar-refractivity contribution in [3.63, 3.8) is 0 Å². The molecule has 0 atom stereocenters. The number of piperidine rings is 1. The fraction of sp³-hybridized carbons (Fsp3) is 0.350. The van der Waals surface area contributed by atoms with Crippen LogP contribution in [0.4, 0.5) is 0 Å². The lowest BCUT2D eigenvalue weighted by Gasteiger charge is -2.31. The minimum atomic E-state index is -3.35. The van der Waals surface area contributed by atoms with Gasteiger partial charge in [0.1, 0.15) is 11.5 Å². The molecule has 1 heterocycles. The number of nitrogens with zero attached hydrogens (tertiary/aromatic N) is 1. The number of methoxy groups -OCH3 is 1. The van der Waals surface area contributed by atoms with Crippen LogP contribution in [0.2, 0.25) is 0 Å². The molecule has 144 valence electrons. The van der Waals surface area contributed by atoms with E-state index in [1.807, 2.05) is 0 Å². The third-order valence-electron chi connectivity index (χ3n) is 4.73. The number of ether oxygens (including phenoxy) is 2. The number of sulfone groups is 1. The van der Waals surface area contributed by atoms with E-state index in [1.165, 1.54) is 0 Å². The van der Waals surface area contributed by atoms with Crippen LogP contribution < -0.4 is 9.47 Å². The Kier molecular flexibility index (Phi) is 6.01. The molecule has 0 bridgehead atoms. The number of amides is 1. The van der Waals surface area contributed by atoms with Gasteiger partial charge in [-0.05, 0) is 49.2 Å². The molecule has 0 spiro atoms. The molecule has 1 aliphatic rings. The zero-order chi connectivity index (χ0) is 19.3. The molecule has 1 amide bonds. The summed E-state index contributed by atoms with van der Waals surface area (Å²) in [5, 5.41) is -0.452. The van der Waals surface area contributed by atoms with Gasteiger partial charge < -0.3 is 14.4 Å². The summed E-state index contributed by atoms with van der Waals surface area (Å²) in [6.07, 6.45) is 0.872. The van der Waals surface area contributed by atoms with Crippen molar-refractivity contribution in [2.24, 2.45) is 0 Å². The normalized spacial score (nSPS) is 15.4. The molecule has 27 heavy (non-hydrogen) atoms. The van der Waals surface area contributed by atoms with E-state index in [4.69, 9.17) is 9.47 Å². The third kappa shape index (κ3) is 4.60. The number of carbonyl (C=O) groups excluding carboxylic acids is 1. The predicted octanol–water partition coefficient (Wildman–Crippen LogP) is 2.54. The predicted molar refractivity (Wildman–Crippen MR) is 102 cm³/mol. The van der Waals surface area contributed by atoms with Gasteiger partial charge in [-0.3, -0.25) is 4.79 Å². The van der Waals surface area contributed by atoms with E-state index < -0.39 is 15.1 Å². The van der Waals surface area contributed by atoms with E-state index >= 15 is 0 Å². The molecule has 0 aromatic heterocycles. The molecule has 0 saturated carbocycles. The van der Waals surface area contributed by atoms with Gasteiger partial charge in [0.05, 0.1) is 17.3 Å². The first-order chi connectivity index (χ1) is 13.0. The Labute approximate surface area is 159 Å². The van der Waals surface area contributed by atoms with E-state index in [0.717, 1.165) is 5.75 Å². The van der Waals surface area contributed by atoms with Crippen LogP contribution in [-0.2, 0) is 14.6 Å². The van der Waals surface area contributed by atoms with Crippen LogP contribution in [-0.4, -0.2) is 51.3 Å².